The van der Waals surface area contributed by atoms with E-state index in [-0.39, 0.29) is 12.5 Å². The van der Waals surface area contributed by atoms with Gasteiger partial charge in [0.05, 0.1) is 6.61 Å². The Bertz CT molecular complexity index is 628. The number of carbonyl (C=O) groups is 1. The van der Waals surface area contributed by atoms with Gasteiger partial charge in [-0.15, -0.1) is 0 Å². The molecule has 1 N–H and O–H groups in total. The zero-order chi connectivity index (χ0) is 16.5. The maximum atomic E-state index is 11.8. The first-order valence-corrected chi connectivity index (χ1v) is 7.96. The molecule has 4 nitrogen and oxygen atoms in total. The predicted molar refractivity (Wildman–Crippen MR) is 92.4 cm³/mol. The lowest BCUT2D eigenvalue weighted by Crippen LogP contribution is -2.20. The van der Waals surface area contributed by atoms with E-state index in [1.54, 1.807) is 36.4 Å². The molecule has 2 aromatic carbocycles. The van der Waals surface area contributed by atoms with E-state index in [1.165, 1.54) is 0 Å². The van der Waals surface area contributed by atoms with Crippen LogP contribution in [0.15, 0.2) is 48.5 Å². The van der Waals surface area contributed by atoms with E-state index < -0.39 is 0 Å². The number of nitrogens with one attached hydrogen (secondary N) is 1. The zero-order valence-corrected chi connectivity index (χ0v) is 13.8. The fraction of sp³-hybridized carbons (Fsp3) is 0.278. The molecule has 0 spiro atoms. The summed E-state index contributed by atoms with van der Waals surface area (Å²) < 4.78 is 11.0. The summed E-state index contributed by atoms with van der Waals surface area (Å²) in [5, 5.41) is 3.30. The minimum atomic E-state index is -0.240. The summed E-state index contributed by atoms with van der Waals surface area (Å²) in [6.45, 7) is 2.76. The lowest BCUT2D eigenvalue weighted by Gasteiger charge is -2.09. The zero-order valence-electron chi connectivity index (χ0n) is 13.0. The van der Waals surface area contributed by atoms with Crippen LogP contribution in [-0.4, -0.2) is 19.1 Å². The fourth-order valence-corrected chi connectivity index (χ4v) is 2.07. The van der Waals surface area contributed by atoms with E-state index in [0.29, 0.717) is 23.1 Å². The van der Waals surface area contributed by atoms with Gasteiger partial charge >= 0.3 is 0 Å². The number of ether oxygens (including phenoxy) is 2. The third-order valence-corrected chi connectivity index (χ3v) is 3.30. The Hall–Kier alpha value is -2.20. The highest BCUT2D eigenvalue weighted by molar-refractivity contribution is 6.30. The first-order valence-electron chi connectivity index (χ1n) is 7.58. The van der Waals surface area contributed by atoms with Gasteiger partial charge in [0.25, 0.3) is 5.91 Å². The topological polar surface area (TPSA) is 47.6 Å². The number of amides is 1. The molecule has 0 aromatic heterocycles. The van der Waals surface area contributed by atoms with Crippen molar-refractivity contribution in [2.45, 2.75) is 19.8 Å². The molecule has 122 valence electrons. The van der Waals surface area contributed by atoms with Crippen molar-refractivity contribution in [3.8, 4) is 11.5 Å². The Morgan fingerprint density at radius 3 is 2.43 bits per heavy atom. The number of unbranched alkanes of at least 4 members (excludes halogenated alkanes) is 1. The highest BCUT2D eigenvalue weighted by Gasteiger charge is 2.04. The van der Waals surface area contributed by atoms with Crippen LogP contribution < -0.4 is 14.8 Å². The van der Waals surface area contributed by atoms with Gasteiger partial charge in [-0.2, -0.15) is 0 Å². The van der Waals surface area contributed by atoms with Crippen LogP contribution in [0.5, 0.6) is 11.5 Å². The first kappa shape index (κ1) is 17.2. The molecule has 0 radical (unpaired) electrons. The van der Waals surface area contributed by atoms with Gasteiger partial charge in [-0.1, -0.05) is 31.0 Å². The summed E-state index contributed by atoms with van der Waals surface area (Å²) in [4.78, 5) is 11.8. The van der Waals surface area contributed by atoms with Crippen LogP contribution in [0.3, 0.4) is 0 Å². The highest BCUT2D eigenvalue weighted by atomic mass is 35.5. The molecule has 23 heavy (non-hydrogen) atoms. The molecule has 0 atom stereocenters. The molecule has 0 fully saturated rings. The second-order valence-corrected chi connectivity index (χ2v) is 5.46. The molecule has 0 aliphatic rings. The van der Waals surface area contributed by atoms with Crippen molar-refractivity contribution >= 4 is 23.2 Å². The van der Waals surface area contributed by atoms with Gasteiger partial charge in [0.2, 0.25) is 0 Å². The van der Waals surface area contributed by atoms with Gasteiger partial charge < -0.3 is 14.8 Å². The molecule has 2 rings (SSSR count). The van der Waals surface area contributed by atoms with E-state index in [4.69, 9.17) is 21.1 Å². The number of carbonyl (C=O) groups excluding carboxylic acids is 1. The lowest BCUT2D eigenvalue weighted by atomic mass is 10.3. The minimum absolute atomic E-state index is 0.0669. The lowest BCUT2D eigenvalue weighted by molar-refractivity contribution is -0.118. The number of benzene rings is 2. The van der Waals surface area contributed by atoms with Gasteiger partial charge in [-0.05, 0) is 48.9 Å². The van der Waals surface area contributed by atoms with Crippen LogP contribution in [0, 0.1) is 0 Å². The number of anilines is 1. The summed E-state index contributed by atoms with van der Waals surface area (Å²) in [7, 11) is 0. The molecule has 0 aliphatic heterocycles. The SMILES string of the molecule is CCCCOc1ccc(OCC(=O)Nc2cccc(Cl)c2)cc1. The summed E-state index contributed by atoms with van der Waals surface area (Å²) >= 11 is 5.87. The molecule has 0 unspecified atom stereocenters. The summed E-state index contributed by atoms with van der Waals surface area (Å²) in [5.74, 6) is 1.18. The van der Waals surface area contributed by atoms with Gasteiger partial charge in [0.15, 0.2) is 6.61 Å². The van der Waals surface area contributed by atoms with Crippen LogP contribution in [-0.2, 0) is 4.79 Å². The smallest absolute Gasteiger partial charge is 0.262 e. The van der Waals surface area contributed by atoms with Gasteiger partial charge in [-0.25, -0.2) is 0 Å². The Labute approximate surface area is 141 Å². The predicted octanol–water partition coefficient (Wildman–Crippen LogP) is 4.54. The number of halogens is 1. The van der Waals surface area contributed by atoms with Crippen molar-refractivity contribution in [1.82, 2.24) is 0 Å². The molecule has 1 amide bonds. The Morgan fingerprint density at radius 1 is 1.09 bits per heavy atom. The third-order valence-electron chi connectivity index (χ3n) is 3.07. The molecular formula is C18H20ClNO3. The second-order valence-electron chi connectivity index (χ2n) is 5.02. The van der Waals surface area contributed by atoms with E-state index in [0.717, 1.165) is 18.6 Å². The summed E-state index contributed by atoms with van der Waals surface area (Å²) in [6, 6.07) is 14.2. The van der Waals surface area contributed by atoms with Gasteiger partial charge in [-0.3, -0.25) is 4.79 Å². The Balaban J connectivity index is 1.77. The van der Waals surface area contributed by atoms with Gasteiger partial charge in [0.1, 0.15) is 11.5 Å². The van der Waals surface area contributed by atoms with Gasteiger partial charge in [0, 0.05) is 10.7 Å². The van der Waals surface area contributed by atoms with Crippen LogP contribution >= 0.6 is 11.6 Å². The van der Waals surface area contributed by atoms with Crippen LogP contribution in [0.1, 0.15) is 19.8 Å². The van der Waals surface area contributed by atoms with Crippen LogP contribution in [0.25, 0.3) is 0 Å². The Kier molecular flexibility index (Phi) is 6.76. The molecule has 0 aliphatic carbocycles. The molecule has 0 heterocycles. The van der Waals surface area contributed by atoms with Crippen LogP contribution in [0.4, 0.5) is 5.69 Å². The van der Waals surface area contributed by atoms with E-state index in [1.807, 2.05) is 12.1 Å². The standard InChI is InChI=1S/C18H20ClNO3/c1-2-3-11-22-16-7-9-17(10-8-16)23-13-18(21)20-15-6-4-5-14(19)12-15/h4-10,12H,2-3,11,13H2,1H3,(H,20,21). The molecule has 0 saturated carbocycles. The number of hydrogen-bond donors (Lipinski definition) is 1. The van der Waals surface area contributed by atoms with Crippen molar-refractivity contribution in [1.29, 1.82) is 0 Å². The van der Waals surface area contributed by atoms with E-state index in [2.05, 4.69) is 12.2 Å². The average Bonchev–Trinajstić information content (AvgIpc) is 2.54. The normalized spacial score (nSPS) is 10.2. The van der Waals surface area contributed by atoms with Crippen molar-refractivity contribution in [2.24, 2.45) is 0 Å². The molecule has 2 aromatic rings. The van der Waals surface area contributed by atoms with E-state index >= 15 is 0 Å². The van der Waals surface area contributed by atoms with Crippen molar-refractivity contribution in [3.05, 3.63) is 53.6 Å². The highest BCUT2D eigenvalue weighted by Crippen LogP contribution is 2.18. The van der Waals surface area contributed by atoms with Crippen molar-refractivity contribution in [3.63, 3.8) is 0 Å². The maximum absolute atomic E-state index is 11.8. The third kappa shape index (κ3) is 6.20. The van der Waals surface area contributed by atoms with Crippen molar-refractivity contribution in [2.75, 3.05) is 18.5 Å². The quantitative estimate of drug-likeness (QED) is 0.722. The largest absolute Gasteiger partial charge is 0.494 e. The molecule has 0 saturated heterocycles. The maximum Gasteiger partial charge on any atom is 0.262 e. The molecular weight excluding hydrogens is 314 g/mol. The molecule has 0 bridgehead atoms. The number of hydrogen-bond acceptors (Lipinski definition) is 3. The number of rotatable bonds is 8. The summed E-state index contributed by atoms with van der Waals surface area (Å²) in [6.07, 6.45) is 2.13. The van der Waals surface area contributed by atoms with Crippen LogP contribution in [0.2, 0.25) is 5.02 Å². The molecule has 5 heteroatoms. The Morgan fingerprint density at radius 2 is 1.78 bits per heavy atom. The monoisotopic (exact) mass is 333 g/mol. The summed E-state index contributed by atoms with van der Waals surface area (Å²) in [5.41, 5.74) is 0.644. The minimum Gasteiger partial charge on any atom is -0.494 e. The first-order chi connectivity index (χ1) is 11.2. The van der Waals surface area contributed by atoms with E-state index in [9.17, 15) is 4.79 Å². The van der Waals surface area contributed by atoms with Crippen molar-refractivity contribution < 1.29 is 14.3 Å². The average molecular weight is 334 g/mol. The second kappa shape index (κ2) is 9.06. The fourth-order valence-electron chi connectivity index (χ4n) is 1.88.